The number of benzene rings is 1. The standard InChI is InChI=1S/C25H33BrN2O6/c1-5-33-23(32)17-18-22(31)28(15(13-29)11-14-9-7-6-8-10-14)20(21(30)27-24(2,3)4)25(18)12-16(26)19(17)34-25/h6-10,15-20,29H,5,11-13H2,1-4H3,(H,27,30)/t15-,16?,17-,18+,19-,20?,25?/m1/s1. The second kappa shape index (κ2) is 9.24. The van der Waals surface area contributed by atoms with Crippen LogP contribution in [0.3, 0.4) is 0 Å². The third-order valence-electron chi connectivity index (χ3n) is 6.95. The van der Waals surface area contributed by atoms with E-state index in [4.69, 9.17) is 9.47 Å². The number of halogens is 1. The first-order valence-corrected chi connectivity index (χ1v) is 12.7. The maximum Gasteiger partial charge on any atom is 0.312 e. The molecule has 3 heterocycles. The van der Waals surface area contributed by atoms with Gasteiger partial charge in [0.05, 0.1) is 37.2 Å². The van der Waals surface area contributed by atoms with Gasteiger partial charge in [-0.3, -0.25) is 14.4 Å². The van der Waals surface area contributed by atoms with Crippen LogP contribution in [0.15, 0.2) is 30.3 Å². The maximum absolute atomic E-state index is 14.0. The van der Waals surface area contributed by atoms with Gasteiger partial charge >= 0.3 is 5.97 Å². The minimum absolute atomic E-state index is 0.188. The average molecular weight is 537 g/mol. The number of nitrogens with one attached hydrogen (secondary N) is 1. The highest BCUT2D eigenvalue weighted by atomic mass is 79.9. The monoisotopic (exact) mass is 536 g/mol. The van der Waals surface area contributed by atoms with Crippen LogP contribution in [0, 0.1) is 11.8 Å². The molecule has 8 nitrogen and oxygen atoms in total. The summed E-state index contributed by atoms with van der Waals surface area (Å²) in [4.78, 5) is 42.0. The summed E-state index contributed by atoms with van der Waals surface area (Å²) in [5, 5.41) is 13.4. The minimum atomic E-state index is -1.17. The highest BCUT2D eigenvalue weighted by Gasteiger charge is 2.77. The van der Waals surface area contributed by atoms with Crippen LogP contribution in [0.1, 0.15) is 39.7 Å². The van der Waals surface area contributed by atoms with Crippen molar-refractivity contribution in [1.82, 2.24) is 10.2 Å². The van der Waals surface area contributed by atoms with E-state index >= 15 is 0 Å². The first-order chi connectivity index (χ1) is 16.0. The molecule has 2 amide bonds. The highest BCUT2D eigenvalue weighted by molar-refractivity contribution is 9.09. The molecular weight excluding hydrogens is 504 g/mol. The Morgan fingerprint density at radius 1 is 1.32 bits per heavy atom. The minimum Gasteiger partial charge on any atom is -0.466 e. The van der Waals surface area contributed by atoms with Gasteiger partial charge in [-0.2, -0.15) is 0 Å². The van der Waals surface area contributed by atoms with Crippen molar-refractivity contribution < 1.29 is 29.0 Å². The molecule has 3 aliphatic heterocycles. The van der Waals surface area contributed by atoms with E-state index in [9.17, 15) is 19.5 Å². The molecule has 1 aromatic rings. The molecule has 1 aromatic carbocycles. The molecule has 0 saturated carbocycles. The van der Waals surface area contributed by atoms with Crippen LogP contribution in [-0.4, -0.2) is 75.2 Å². The number of hydrogen-bond acceptors (Lipinski definition) is 6. The summed E-state index contributed by atoms with van der Waals surface area (Å²) in [6.45, 7) is 7.20. The molecule has 3 aliphatic rings. The molecule has 2 N–H and O–H groups in total. The summed E-state index contributed by atoms with van der Waals surface area (Å²) in [5.41, 5.74) is -0.781. The number of carbonyl (C=O) groups is 3. The zero-order valence-electron chi connectivity index (χ0n) is 20.0. The molecule has 0 aromatic heterocycles. The van der Waals surface area contributed by atoms with Gasteiger partial charge in [-0.25, -0.2) is 0 Å². The van der Waals surface area contributed by atoms with Gasteiger partial charge in [0.15, 0.2) is 0 Å². The van der Waals surface area contributed by atoms with Crippen LogP contribution in [0.5, 0.6) is 0 Å². The third kappa shape index (κ3) is 4.16. The Morgan fingerprint density at radius 3 is 2.59 bits per heavy atom. The highest BCUT2D eigenvalue weighted by Crippen LogP contribution is 2.60. The molecule has 2 bridgehead atoms. The van der Waals surface area contributed by atoms with Crippen molar-refractivity contribution in [2.45, 2.75) is 74.7 Å². The molecule has 0 aliphatic carbocycles. The number of carbonyl (C=O) groups excluding carboxylic acids is 3. The summed E-state index contributed by atoms with van der Waals surface area (Å²) in [6.07, 6.45) is 0.226. The lowest BCUT2D eigenvalue weighted by molar-refractivity contribution is -0.155. The van der Waals surface area contributed by atoms with Gasteiger partial charge in [0.25, 0.3) is 0 Å². The number of alkyl halides is 1. The summed E-state index contributed by atoms with van der Waals surface area (Å²) in [5.74, 6) is -2.83. The number of aliphatic hydroxyl groups is 1. The van der Waals surface area contributed by atoms with E-state index < -0.39 is 47.1 Å². The van der Waals surface area contributed by atoms with Crippen molar-refractivity contribution >= 4 is 33.7 Å². The smallest absolute Gasteiger partial charge is 0.312 e. The van der Waals surface area contributed by atoms with E-state index in [0.29, 0.717) is 12.8 Å². The zero-order chi connectivity index (χ0) is 24.8. The Hall–Kier alpha value is -1.97. The van der Waals surface area contributed by atoms with Gasteiger partial charge in [0.1, 0.15) is 11.6 Å². The normalized spacial score (nSPS) is 33.1. The summed E-state index contributed by atoms with van der Waals surface area (Å²) in [6, 6.07) is 7.90. The Bertz CT molecular complexity index is 950. The fraction of sp³-hybridized carbons (Fsp3) is 0.640. The number of esters is 1. The first kappa shape index (κ1) is 25.1. The molecule has 3 fully saturated rings. The fourth-order valence-corrected chi connectivity index (χ4v) is 6.79. The number of rotatable bonds is 7. The van der Waals surface area contributed by atoms with E-state index in [2.05, 4.69) is 21.2 Å². The third-order valence-corrected chi connectivity index (χ3v) is 7.80. The number of hydrogen-bond donors (Lipinski definition) is 2. The van der Waals surface area contributed by atoms with Crippen molar-refractivity contribution in [1.29, 1.82) is 0 Å². The number of aliphatic hydroxyl groups excluding tert-OH is 1. The summed E-state index contributed by atoms with van der Waals surface area (Å²) >= 11 is 3.63. The van der Waals surface area contributed by atoms with Crippen molar-refractivity contribution in [2.75, 3.05) is 13.2 Å². The average Bonchev–Trinajstić information content (AvgIpc) is 3.35. The number of likely N-dealkylation sites (tertiary alicyclic amines) is 1. The second-order valence-corrected chi connectivity index (χ2v) is 11.6. The zero-order valence-corrected chi connectivity index (χ0v) is 21.6. The quantitative estimate of drug-likeness (QED) is 0.406. The van der Waals surface area contributed by atoms with Gasteiger partial charge in [0.2, 0.25) is 11.8 Å². The lowest BCUT2D eigenvalue weighted by Crippen LogP contribution is -2.60. The lowest BCUT2D eigenvalue weighted by Gasteiger charge is -2.38. The number of nitrogens with zero attached hydrogens (tertiary/aromatic N) is 1. The number of ether oxygens (including phenoxy) is 2. The molecule has 9 heteroatoms. The summed E-state index contributed by atoms with van der Waals surface area (Å²) < 4.78 is 11.7. The van der Waals surface area contributed by atoms with Crippen molar-refractivity contribution in [3.63, 3.8) is 0 Å². The molecule has 186 valence electrons. The maximum atomic E-state index is 14.0. The van der Waals surface area contributed by atoms with Crippen molar-refractivity contribution in [3.05, 3.63) is 35.9 Å². The topological polar surface area (TPSA) is 105 Å². The lowest BCUT2D eigenvalue weighted by atomic mass is 9.70. The van der Waals surface area contributed by atoms with E-state index in [-0.39, 0.29) is 29.9 Å². The second-order valence-electron chi connectivity index (χ2n) is 10.4. The van der Waals surface area contributed by atoms with Crippen LogP contribution in [0.2, 0.25) is 0 Å². The van der Waals surface area contributed by atoms with Crippen LogP contribution in [-0.2, 0) is 30.3 Å². The van der Waals surface area contributed by atoms with Crippen molar-refractivity contribution in [3.8, 4) is 0 Å². The fourth-order valence-electron chi connectivity index (χ4n) is 5.84. The Morgan fingerprint density at radius 2 is 2.00 bits per heavy atom. The van der Waals surface area contributed by atoms with Crippen LogP contribution in [0.4, 0.5) is 0 Å². The van der Waals surface area contributed by atoms with Crippen molar-refractivity contribution in [2.24, 2.45) is 11.8 Å². The SMILES string of the molecule is CCOC(=O)[C@H]1[C@@H]2OC3(CC2Br)C(C(=O)NC(C)(C)C)N([C@@H](CO)Cc2ccccc2)C(=O)[C@H]13. The van der Waals surface area contributed by atoms with E-state index in [1.165, 1.54) is 4.90 Å². The van der Waals surface area contributed by atoms with Gasteiger partial charge in [-0.15, -0.1) is 0 Å². The molecule has 1 spiro atoms. The van der Waals surface area contributed by atoms with Gasteiger partial charge in [0, 0.05) is 10.4 Å². The van der Waals surface area contributed by atoms with E-state index in [0.717, 1.165) is 5.56 Å². The van der Waals surface area contributed by atoms with E-state index in [1.54, 1.807) is 6.92 Å². The van der Waals surface area contributed by atoms with Gasteiger partial charge in [-0.1, -0.05) is 46.3 Å². The molecule has 3 unspecified atom stereocenters. The molecule has 3 saturated heterocycles. The molecule has 7 atom stereocenters. The van der Waals surface area contributed by atoms with Crippen LogP contribution < -0.4 is 5.32 Å². The molecule has 4 rings (SSSR count). The van der Waals surface area contributed by atoms with Crippen LogP contribution in [0.25, 0.3) is 0 Å². The Kier molecular flexibility index (Phi) is 6.83. The predicted molar refractivity (Wildman–Crippen MR) is 128 cm³/mol. The van der Waals surface area contributed by atoms with Gasteiger partial charge < -0.3 is 24.8 Å². The number of fused-ring (bicyclic) bond motifs is 1. The number of amides is 2. The van der Waals surface area contributed by atoms with Crippen LogP contribution >= 0.6 is 15.9 Å². The largest absolute Gasteiger partial charge is 0.466 e. The molecule has 0 radical (unpaired) electrons. The Balaban J connectivity index is 1.78. The van der Waals surface area contributed by atoms with E-state index in [1.807, 2.05) is 51.1 Å². The molecule has 34 heavy (non-hydrogen) atoms. The molecular formula is C25H33BrN2O6. The van der Waals surface area contributed by atoms with Gasteiger partial charge in [-0.05, 0) is 46.1 Å². The predicted octanol–water partition coefficient (Wildman–Crippen LogP) is 1.82. The summed E-state index contributed by atoms with van der Waals surface area (Å²) in [7, 11) is 0. The Labute approximate surface area is 208 Å². The first-order valence-electron chi connectivity index (χ1n) is 11.8.